The first-order chi connectivity index (χ1) is 31.0. The van der Waals surface area contributed by atoms with E-state index in [4.69, 9.17) is 19.5 Å². The Balaban J connectivity index is 0.000000298. The highest BCUT2D eigenvalue weighted by molar-refractivity contribution is 9.10. The SMILES string of the molecule is C.CN(C)C(=O)c1cc(-c2ccccc2)ccc1CN1CCN(C(=O)OC(C)(C)C)CC1.CN(C)C(=O)c1cc(Br)ccc1CN1CCN(C(=O)OC(C)(C)C)CC1.OB(O)c1ccccc1. The van der Waals surface area contributed by atoms with Crippen molar-refractivity contribution < 1.29 is 38.7 Å². The lowest BCUT2D eigenvalue weighted by molar-refractivity contribution is 0.0129. The number of benzene rings is 4. The summed E-state index contributed by atoms with van der Waals surface area (Å²) in [5.41, 5.74) is 5.11. The van der Waals surface area contributed by atoms with Gasteiger partial charge in [0.1, 0.15) is 11.2 Å². The molecule has 0 spiro atoms. The van der Waals surface area contributed by atoms with Crippen LogP contribution in [0.2, 0.25) is 0 Å². The fourth-order valence-corrected chi connectivity index (χ4v) is 7.39. The van der Waals surface area contributed by atoms with Gasteiger partial charge in [-0.1, -0.05) is 102 Å². The van der Waals surface area contributed by atoms with Gasteiger partial charge in [0.25, 0.3) is 11.8 Å². The van der Waals surface area contributed by atoms with Crippen molar-refractivity contribution in [2.45, 2.75) is 73.3 Å². The molecule has 6 rings (SSSR count). The van der Waals surface area contributed by atoms with Crippen molar-refractivity contribution in [1.29, 1.82) is 0 Å². The number of ether oxygens (including phenoxy) is 2. The van der Waals surface area contributed by atoms with E-state index in [-0.39, 0.29) is 31.4 Å². The number of nitrogens with zero attached hydrogens (tertiary/aromatic N) is 6. The van der Waals surface area contributed by atoms with Gasteiger partial charge in [0.15, 0.2) is 0 Å². The Morgan fingerprint density at radius 2 is 0.955 bits per heavy atom. The van der Waals surface area contributed by atoms with E-state index in [1.54, 1.807) is 72.1 Å². The molecule has 0 aliphatic carbocycles. The molecule has 4 amide bonds. The monoisotopic (exact) mass is 986 g/mol. The van der Waals surface area contributed by atoms with Gasteiger partial charge in [0.05, 0.1) is 0 Å². The molecule has 0 aromatic heterocycles. The molecule has 0 atom stereocenters. The molecular formula is C51H72BBrN6O8. The normalized spacial score (nSPS) is 14.2. The zero-order valence-corrected chi connectivity index (χ0v) is 41.9. The quantitative estimate of drug-likeness (QED) is 0.172. The first kappa shape index (κ1) is 56.1. The number of carbonyl (C=O) groups excluding carboxylic acids is 4. The van der Waals surface area contributed by atoms with E-state index >= 15 is 0 Å². The summed E-state index contributed by atoms with van der Waals surface area (Å²) in [4.78, 5) is 61.1. The summed E-state index contributed by atoms with van der Waals surface area (Å²) in [6.45, 7) is 18.1. The third kappa shape index (κ3) is 18.4. The maximum atomic E-state index is 12.9. The summed E-state index contributed by atoms with van der Waals surface area (Å²) in [5.74, 6) is -0.00568. The summed E-state index contributed by atoms with van der Waals surface area (Å²) in [5, 5.41) is 17.2. The molecule has 4 aromatic carbocycles. The standard InChI is InChI=1S/C25H33N3O3.C19H28BrN3O3.C6H7BO2.CH4/c1-25(2,3)31-24(30)28-15-13-27(14-16-28)18-21-12-11-20(19-9-7-6-8-10-19)17-22(21)23(29)26(4)5;1-19(2,3)26-18(25)23-10-8-22(9-11-23)13-14-6-7-15(20)12-16(14)17(24)21(4)5;8-7(9)6-4-2-1-3-5-6;/h6-12,17H,13-16,18H2,1-5H3;6-7,12H,8-11,13H2,1-5H3;1-5,8-9H;1H4. The van der Waals surface area contributed by atoms with Crippen molar-refractivity contribution in [2.75, 3.05) is 80.5 Å². The average molecular weight is 988 g/mol. The summed E-state index contributed by atoms with van der Waals surface area (Å²) in [7, 11) is 5.73. The van der Waals surface area contributed by atoms with Crippen LogP contribution in [-0.4, -0.2) is 162 Å². The third-order valence-corrected chi connectivity index (χ3v) is 11.0. The minimum Gasteiger partial charge on any atom is -0.444 e. The molecule has 0 unspecified atom stereocenters. The minimum atomic E-state index is -1.34. The molecule has 364 valence electrons. The molecule has 2 saturated heterocycles. The Hall–Kier alpha value is -5.26. The highest BCUT2D eigenvalue weighted by Gasteiger charge is 2.28. The van der Waals surface area contributed by atoms with Crippen LogP contribution in [0.15, 0.2) is 102 Å². The first-order valence-corrected chi connectivity index (χ1v) is 23.0. The Morgan fingerprint density at radius 1 is 0.567 bits per heavy atom. The zero-order valence-electron chi connectivity index (χ0n) is 40.3. The van der Waals surface area contributed by atoms with Crippen LogP contribution in [0.5, 0.6) is 0 Å². The van der Waals surface area contributed by atoms with Gasteiger partial charge < -0.3 is 39.1 Å². The highest BCUT2D eigenvalue weighted by Crippen LogP contribution is 2.25. The second-order valence-electron chi connectivity index (χ2n) is 18.7. The van der Waals surface area contributed by atoms with E-state index in [1.807, 2.05) is 90.1 Å². The predicted molar refractivity (Wildman–Crippen MR) is 271 cm³/mol. The topological polar surface area (TPSA) is 147 Å². The van der Waals surface area contributed by atoms with Gasteiger partial charge in [-0.25, -0.2) is 9.59 Å². The summed E-state index contributed by atoms with van der Waals surface area (Å²) >= 11 is 3.44. The van der Waals surface area contributed by atoms with Crippen molar-refractivity contribution in [2.24, 2.45) is 0 Å². The van der Waals surface area contributed by atoms with Crippen LogP contribution in [0.25, 0.3) is 11.1 Å². The van der Waals surface area contributed by atoms with Crippen LogP contribution >= 0.6 is 15.9 Å². The molecule has 4 aromatic rings. The van der Waals surface area contributed by atoms with E-state index in [0.29, 0.717) is 50.3 Å². The van der Waals surface area contributed by atoms with E-state index in [2.05, 4.69) is 50.0 Å². The van der Waals surface area contributed by atoms with Gasteiger partial charge in [-0.15, -0.1) is 0 Å². The van der Waals surface area contributed by atoms with Crippen molar-refractivity contribution >= 4 is 52.5 Å². The molecule has 0 saturated carbocycles. The maximum absolute atomic E-state index is 12.9. The molecule has 0 bridgehead atoms. The number of rotatable bonds is 8. The number of piperazine rings is 2. The van der Waals surface area contributed by atoms with Crippen LogP contribution in [0.4, 0.5) is 9.59 Å². The molecular weight excluding hydrogens is 915 g/mol. The minimum absolute atomic E-state index is 0. The zero-order chi connectivity index (χ0) is 48.8. The van der Waals surface area contributed by atoms with Crippen LogP contribution in [0.3, 0.4) is 0 Å². The van der Waals surface area contributed by atoms with Crippen LogP contribution < -0.4 is 5.46 Å². The number of hydrogen-bond donors (Lipinski definition) is 2. The van der Waals surface area contributed by atoms with E-state index in [0.717, 1.165) is 58.5 Å². The second-order valence-corrected chi connectivity index (χ2v) is 19.6. The van der Waals surface area contributed by atoms with Crippen molar-refractivity contribution in [3.63, 3.8) is 0 Å². The third-order valence-electron chi connectivity index (χ3n) is 10.5. The predicted octanol–water partition coefficient (Wildman–Crippen LogP) is 7.31. The van der Waals surface area contributed by atoms with Gasteiger partial charge >= 0.3 is 19.3 Å². The highest BCUT2D eigenvalue weighted by atomic mass is 79.9. The number of hydrogen-bond acceptors (Lipinski definition) is 10. The number of amides is 4. The molecule has 14 nitrogen and oxygen atoms in total. The molecule has 2 N–H and O–H groups in total. The van der Waals surface area contributed by atoms with Gasteiger partial charge in [0.2, 0.25) is 0 Å². The lowest BCUT2D eigenvalue weighted by atomic mass is 9.81. The van der Waals surface area contributed by atoms with E-state index < -0.39 is 18.3 Å². The van der Waals surface area contributed by atoms with Crippen LogP contribution in [0.1, 0.15) is 80.8 Å². The molecule has 2 aliphatic heterocycles. The average Bonchev–Trinajstić information content (AvgIpc) is 3.27. The van der Waals surface area contributed by atoms with Crippen molar-refractivity contribution in [1.82, 2.24) is 29.4 Å². The van der Waals surface area contributed by atoms with Crippen LogP contribution in [0, 0.1) is 0 Å². The van der Waals surface area contributed by atoms with E-state index in [1.165, 1.54) is 0 Å². The summed E-state index contributed by atoms with van der Waals surface area (Å²) in [6.07, 6.45) is -0.521. The molecule has 67 heavy (non-hydrogen) atoms. The molecule has 2 fully saturated rings. The van der Waals surface area contributed by atoms with Crippen LogP contribution in [-0.2, 0) is 22.6 Å². The maximum Gasteiger partial charge on any atom is 0.488 e. The Kier molecular flexibility index (Phi) is 21.6. The second kappa shape index (κ2) is 25.8. The first-order valence-electron chi connectivity index (χ1n) is 22.2. The molecule has 2 heterocycles. The van der Waals surface area contributed by atoms with Gasteiger partial charge in [0, 0.05) is 109 Å². The fraction of sp³-hybridized carbons (Fsp3) is 0.451. The lowest BCUT2D eigenvalue weighted by Gasteiger charge is -2.35. The van der Waals surface area contributed by atoms with Crippen molar-refractivity contribution in [3.8, 4) is 11.1 Å². The van der Waals surface area contributed by atoms with Gasteiger partial charge in [-0.05, 0) is 87.5 Å². The lowest BCUT2D eigenvalue weighted by Crippen LogP contribution is -2.49. The summed E-state index contributed by atoms with van der Waals surface area (Å²) < 4.78 is 11.8. The Bertz CT molecular complexity index is 2200. The fourth-order valence-electron chi connectivity index (χ4n) is 7.03. The number of halogens is 1. The smallest absolute Gasteiger partial charge is 0.444 e. The Morgan fingerprint density at radius 3 is 1.33 bits per heavy atom. The van der Waals surface area contributed by atoms with Gasteiger partial charge in [-0.3, -0.25) is 19.4 Å². The van der Waals surface area contributed by atoms with Crippen molar-refractivity contribution in [3.05, 3.63) is 124 Å². The van der Waals surface area contributed by atoms with Gasteiger partial charge in [-0.2, -0.15) is 0 Å². The summed E-state index contributed by atoms with van der Waals surface area (Å²) in [6, 6.07) is 30.7. The largest absolute Gasteiger partial charge is 0.488 e. The number of carbonyl (C=O) groups is 4. The molecule has 0 radical (unpaired) electrons. The molecule has 16 heteroatoms. The van der Waals surface area contributed by atoms with E-state index in [9.17, 15) is 19.2 Å². The Labute approximate surface area is 407 Å². The molecule has 2 aliphatic rings.